The van der Waals surface area contributed by atoms with Crippen molar-refractivity contribution >= 4 is 17.6 Å². The fourth-order valence-electron chi connectivity index (χ4n) is 3.30. The van der Waals surface area contributed by atoms with Gasteiger partial charge in [0.25, 0.3) is 0 Å². The van der Waals surface area contributed by atoms with E-state index in [0.29, 0.717) is 25.5 Å². The molecule has 2 aromatic rings. The van der Waals surface area contributed by atoms with Gasteiger partial charge in [-0.3, -0.25) is 9.79 Å². The molecule has 1 aliphatic heterocycles. The number of carbonyl (C=O) groups is 1. The second kappa shape index (κ2) is 9.82. The maximum atomic E-state index is 11.9. The van der Waals surface area contributed by atoms with Gasteiger partial charge in [-0.05, 0) is 36.2 Å². The Hall–Kier alpha value is -3.22. The molecule has 3 rings (SSSR count). The lowest BCUT2D eigenvalue weighted by Crippen LogP contribution is -2.36. The molecule has 1 saturated heterocycles. The Labute approximate surface area is 171 Å². The summed E-state index contributed by atoms with van der Waals surface area (Å²) in [7, 11) is 5.02. The van der Waals surface area contributed by atoms with Crippen LogP contribution in [0.15, 0.2) is 47.5 Å². The van der Waals surface area contributed by atoms with Crippen molar-refractivity contribution in [2.45, 2.75) is 25.9 Å². The van der Waals surface area contributed by atoms with Crippen LogP contribution >= 0.6 is 0 Å². The number of hydrogen-bond acceptors (Lipinski definition) is 4. The van der Waals surface area contributed by atoms with E-state index in [2.05, 4.69) is 15.6 Å². The molecule has 0 aliphatic carbocycles. The number of aliphatic imine (C=N–C) groups is 1. The summed E-state index contributed by atoms with van der Waals surface area (Å²) in [6.45, 7) is 2.01. The molecular formula is C22H28N4O3. The number of carbonyl (C=O) groups excluding carboxylic acids is 1. The molecule has 1 amide bonds. The average Bonchev–Trinajstić information content (AvgIpc) is 3.20. The summed E-state index contributed by atoms with van der Waals surface area (Å²) in [5.74, 6) is 2.42. The van der Waals surface area contributed by atoms with Gasteiger partial charge in [0.05, 0.1) is 14.2 Å². The maximum absolute atomic E-state index is 11.9. The largest absolute Gasteiger partial charge is 0.497 e. The Balaban J connectivity index is 1.54. The summed E-state index contributed by atoms with van der Waals surface area (Å²) in [5.41, 5.74) is 3.09. The lowest BCUT2D eigenvalue weighted by atomic mass is 10.2. The number of amides is 1. The van der Waals surface area contributed by atoms with Crippen molar-refractivity contribution < 1.29 is 14.3 Å². The van der Waals surface area contributed by atoms with Crippen LogP contribution in [-0.2, 0) is 17.9 Å². The van der Waals surface area contributed by atoms with Gasteiger partial charge in [-0.25, -0.2) is 0 Å². The minimum atomic E-state index is 0.203. The van der Waals surface area contributed by atoms with E-state index >= 15 is 0 Å². The third-order valence-corrected chi connectivity index (χ3v) is 4.95. The highest BCUT2D eigenvalue weighted by atomic mass is 16.5. The molecule has 1 fully saturated rings. The van der Waals surface area contributed by atoms with E-state index < -0.39 is 0 Å². The zero-order valence-electron chi connectivity index (χ0n) is 17.2. The molecule has 1 aliphatic rings. The fourth-order valence-corrected chi connectivity index (χ4v) is 3.30. The molecule has 0 saturated carbocycles. The summed E-state index contributed by atoms with van der Waals surface area (Å²) in [6, 6.07) is 13.8. The van der Waals surface area contributed by atoms with Crippen molar-refractivity contribution in [3.63, 3.8) is 0 Å². The van der Waals surface area contributed by atoms with E-state index in [1.54, 1.807) is 21.3 Å². The number of guanidine groups is 1. The summed E-state index contributed by atoms with van der Waals surface area (Å²) < 4.78 is 10.7. The highest BCUT2D eigenvalue weighted by molar-refractivity contribution is 5.95. The van der Waals surface area contributed by atoms with Crippen LogP contribution in [0.3, 0.4) is 0 Å². The van der Waals surface area contributed by atoms with Crippen LogP contribution in [0.5, 0.6) is 11.5 Å². The van der Waals surface area contributed by atoms with Crippen LogP contribution in [0.4, 0.5) is 5.69 Å². The normalized spacial score (nSPS) is 14.1. The van der Waals surface area contributed by atoms with Crippen molar-refractivity contribution in [1.82, 2.24) is 10.6 Å². The molecule has 2 aromatic carbocycles. The predicted molar refractivity (Wildman–Crippen MR) is 115 cm³/mol. The Kier molecular flexibility index (Phi) is 6.94. The SMILES string of the molecule is CN=C(NCc1ccc(N2CCCC2=O)cc1)NCc1ccc(OC)cc1OC. The topological polar surface area (TPSA) is 75.2 Å². The Morgan fingerprint density at radius 2 is 1.83 bits per heavy atom. The van der Waals surface area contributed by atoms with Gasteiger partial charge in [0.15, 0.2) is 5.96 Å². The smallest absolute Gasteiger partial charge is 0.227 e. The molecule has 154 valence electrons. The first-order valence-corrected chi connectivity index (χ1v) is 9.69. The zero-order chi connectivity index (χ0) is 20.6. The van der Waals surface area contributed by atoms with Crippen molar-refractivity contribution in [2.24, 2.45) is 4.99 Å². The first kappa shape index (κ1) is 20.5. The van der Waals surface area contributed by atoms with E-state index in [0.717, 1.165) is 41.3 Å². The van der Waals surface area contributed by atoms with Crippen molar-refractivity contribution in [1.29, 1.82) is 0 Å². The van der Waals surface area contributed by atoms with Crippen LogP contribution in [0.25, 0.3) is 0 Å². The quantitative estimate of drug-likeness (QED) is 0.556. The molecule has 0 spiro atoms. The lowest BCUT2D eigenvalue weighted by molar-refractivity contribution is -0.117. The number of benzene rings is 2. The Bertz CT molecular complexity index is 865. The van der Waals surface area contributed by atoms with E-state index in [9.17, 15) is 4.79 Å². The molecule has 1 heterocycles. The van der Waals surface area contributed by atoms with Crippen LogP contribution in [0.2, 0.25) is 0 Å². The fraction of sp³-hybridized carbons (Fsp3) is 0.364. The van der Waals surface area contributed by atoms with E-state index in [-0.39, 0.29) is 5.91 Å². The van der Waals surface area contributed by atoms with Gasteiger partial charge in [-0.2, -0.15) is 0 Å². The molecule has 0 unspecified atom stereocenters. The van der Waals surface area contributed by atoms with Crippen LogP contribution in [-0.4, -0.2) is 39.7 Å². The monoisotopic (exact) mass is 396 g/mol. The second-order valence-corrected chi connectivity index (χ2v) is 6.77. The van der Waals surface area contributed by atoms with Gasteiger partial charge < -0.3 is 25.0 Å². The van der Waals surface area contributed by atoms with Crippen molar-refractivity contribution in [3.05, 3.63) is 53.6 Å². The Morgan fingerprint density at radius 3 is 2.45 bits per heavy atom. The van der Waals surface area contributed by atoms with E-state index in [4.69, 9.17) is 9.47 Å². The van der Waals surface area contributed by atoms with E-state index in [1.807, 2.05) is 47.4 Å². The van der Waals surface area contributed by atoms with Gasteiger partial charge >= 0.3 is 0 Å². The molecule has 2 N–H and O–H groups in total. The van der Waals surface area contributed by atoms with Crippen LogP contribution in [0, 0.1) is 0 Å². The number of nitrogens with one attached hydrogen (secondary N) is 2. The highest BCUT2D eigenvalue weighted by Crippen LogP contribution is 2.24. The van der Waals surface area contributed by atoms with Gasteiger partial charge in [0, 0.05) is 50.4 Å². The number of rotatable bonds is 7. The third kappa shape index (κ3) is 5.19. The second-order valence-electron chi connectivity index (χ2n) is 6.77. The van der Waals surface area contributed by atoms with Crippen LogP contribution in [0.1, 0.15) is 24.0 Å². The minimum absolute atomic E-state index is 0.203. The third-order valence-electron chi connectivity index (χ3n) is 4.95. The molecule has 29 heavy (non-hydrogen) atoms. The molecule has 0 aromatic heterocycles. The standard InChI is InChI=1S/C22H28N4O3/c1-23-22(25-15-17-8-11-19(28-2)13-20(17)29-3)24-14-16-6-9-18(10-7-16)26-12-4-5-21(26)27/h6-11,13H,4-5,12,14-15H2,1-3H3,(H2,23,24,25). The maximum Gasteiger partial charge on any atom is 0.227 e. The van der Waals surface area contributed by atoms with Crippen LogP contribution < -0.4 is 25.0 Å². The number of nitrogens with zero attached hydrogens (tertiary/aromatic N) is 2. The first-order chi connectivity index (χ1) is 14.1. The minimum Gasteiger partial charge on any atom is -0.497 e. The zero-order valence-corrected chi connectivity index (χ0v) is 17.2. The highest BCUT2D eigenvalue weighted by Gasteiger charge is 2.21. The lowest BCUT2D eigenvalue weighted by Gasteiger charge is -2.17. The molecule has 0 bridgehead atoms. The van der Waals surface area contributed by atoms with Crippen molar-refractivity contribution in [2.75, 3.05) is 32.7 Å². The summed E-state index contributed by atoms with van der Waals surface area (Å²) in [6.07, 6.45) is 1.58. The number of ether oxygens (including phenoxy) is 2. The Morgan fingerprint density at radius 1 is 1.07 bits per heavy atom. The first-order valence-electron chi connectivity index (χ1n) is 9.69. The number of anilines is 1. The summed E-state index contributed by atoms with van der Waals surface area (Å²) in [4.78, 5) is 18.0. The molecular weight excluding hydrogens is 368 g/mol. The predicted octanol–water partition coefficient (Wildman–Crippen LogP) is 2.70. The molecule has 7 nitrogen and oxygen atoms in total. The molecule has 7 heteroatoms. The average molecular weight is 396 g/mol. The summed E-state index contributed by atoms with van der Waals surface area (Å²) in [5, 5.41) is 6.60. The summed E-state index contributed by atoms with van der Waals surface area (Å²) >= 11 is 0. The van der Waals surface area contributed by atoms with Gasteiger partial charge in [-0.15, -0.1) is 0 Å². The van der Waals surface area contributed by atoms with Gasteiger partial charge in [0.2, 0.25) is 5.91 Å². The van der Waals surface area contributed by atoms with Crippen molar-refractivity contribution in [3.8, 4) is 11.5 Å². The van der Waals surface area contributed by atoms with E-state index in [1.165, 1.54) is 0 Å². The van der Waals surface area contributed by atoms with Gasteiger partial charge in [0.1, 0.15) is 11.5 Å². The molecule has 0 radical (unpaired) electrons. The molecule has 0 atom stereocenters. The number of methoxy groups -OCH3 is 2. The number of hydrogen-bond donors (Lipinski definition) is 2. The van der Waals surface area contributed by atoms with Gasteiger partial charge in [-0.1, -0.05) is 12.1 Å².